The third-order valence-electron chi connectivity index (χ3n) is 5.60. The smallest absolute Gasteiger partial charge is 0.200 e. The Morgan fingerprint density at radius 2 is 1.80 bits per heavy atom. The van der Waals surface area contributed by atoms with Crippen molar-refractivity contribution < 1.29 is 5.11 Å². The van der Waals surface area contributed by atoms with Gasteiger partial charge in [0.2, 0.25) is 0 Å². The second-order valence-corrected chi connectivity index (χ2v) is 7.51. The van der Waals surface area contributed by atoms with Gasteiger partial charge in [-0.05, 0) is 43.5 Å². The van der Waals surface area contributed by atoms with Crippen molar-refractivity contribution in [1.82, 2.24) is 24.7 Å². The Kier molecular flexibility index (Phi) is 5.76. The Morgan fingerprint density at radius 3 is 2.60 bits per heavy atom. The molecule has 0 amide bonds. The third kappa shape index (κ3) is 3.67. The maximum absolute atomic E-state index is 10.4. The first kappa shape index (κ1) is 20.4. The zero-order valence-corrected chi connectivity index (χ0v) is 17.1. The number of fused-ring (bicyclic) bond motifs is 1. The number of nitrogens with two attached hydrogens (primary N) is 1. The van der Waals surface area contributed by atoms with E-state index in [0.717, 1.165) is 35.3 Å². The van der Waals surface area contributed by atoms with Gasteiger partial charge in [0.05, 0.1) is 17.3 Å². The van der Waals surface area contributed by atoms with E-state index < -0.39 is 6.10 Å². The fourth-order valence-electron chi connectivity index (χ4n) is 4.03. The minimum absolute atomic E-state index is 0. The molecule has 8 heteroatoms. The van der Waals surface area contributed by atoms with Gasteiger partial charge >= 0.3 is 0 Å². The molecule has 1 aliphatic carbocycles. The Morgan fingerprint density at radius 1 is 0.967 bits per heavy atom. The van der Waals surface area contributed by atoms with Crippen LogP contribution < -0.4 is 5.73 Å². The van der Waals surface area contributed by atoms with E-state index >= 15 is 0 Å². The Labute approximate surface area is 180 Å². The molecule has 3 atom stereocenters. The van der Waals surface area contributed by atoms with Gasteiger partial charge in [-0.15, -0.1) is 17.5 Å². The lowest BCUT2D eigenvalue weighted by molar-refractivity contribution is 0.0961. The topological polar surface area (TPSA) is 103 Å². The van der Waals surface area contributed by atoms with Crippen molar-refractivity contribution in [3.8, 4) is 17.2 Å². The summed E-state index contributed by atoms with van der Waals surface area (Å²) in [5, 5.41) is 16.2. The Balaban J connectivity index is 0.00000218. The van der Waals surface area contributed by atoms with Gasteiger partial charge in [0.1, 0.15) is 11.5 Å². The van der Waals surface area contributed by atoms with Gasteiger partial charge in [-0.2, -0.15) is 0 Å². The van der Waals surface area contributed by atoms with Crippen LogP contribution in [0, 0.1) is 0 Å². The van der Waals surface area contributed by atoms with Crippen LogP contribution in [0.1, 0.15) is 31.0 Å². The molecule has 0 saturated heterocycles. The molecular weight excluding hydrogens is 400 g/mol. The molecule has 4 aromatic rings. The summed E-state index contributed by atoms with van der Waals surface area (Å²) in [5.74, 6) is 1.45. The number of aliphatic hydroxyl groups excluding tert-OH is 1. The standard InChI is InChI=1S/C22H22N6O.ClH/c23-16-10-9-15(13-19(16)29)22-26-21(17-7-1-2-11-24-17)27-28(22)18-8-3-5-14-6-4-12-25-20(14)18;/h1-8,11-12,15-16,19,29H,9-10,13,23H2;1H/t15-,16+,19+;/m0./s1. The number of aromatic nitrogens is 5. The van der Waals surface area contributed by atoms with Crippen molar-refractivity contribution in [2.75, 3.05) is 0 Å². The lowest BCUT2D eigenvalue weighted by atomic mass is 9.84. The third-order valence-corrected chi connectivity index (χ3v) is 5.60. The van der Waals surface area contributed by atoms with Gasteiger partial charge in [0, 0.05) is 29.7 Å². The van der Waals surface area contributed by atoms with E-state index in [9.17, 15) is 5.11 Å². The summed E-state index contributed by atoms with van der Waals surface area (Å²) in [6, 6.07) is 15.5. The number of halogens is 1. The molecule has 0 bridgehead atoms. The number of rotatable bonds is 3. The van der Waals surface area contributed by atoms with Crippen molar-refractivity contribution in [2.24, 2.45) is 5.73 Å². The van der Waals surface area contributed by atoms with Crippen LogP contribution in [0.5, 0.6) is 0 Å². The summed E-state index contributed by atoms with van der Waals surface area (Å²) in [5.41, 5.74) is 8.48. The predicted octanol–water partition coefficient (Wildman–Crippen LogP) is 3.26. The van der Waals surface area contributed by atoms with Gasteiger partial charge in [0.25, 0.3) is 0 Å². The molecule has 30 heavy (non-hydrogen) atoms. The highest BCUT2D eigenvalue weighted by Gasteiger charge is 2.32. The van der Waals surface area contributed by atoms with Crippen LogP contribution >= 0.6 is 12.4 Å². The number of nitrogens with zero attached hydrogens (tertiary/aromatic N) is 5. The Bertz CT molecular complexity index is 1140. The van der Waals surface area contributed by atoms with Crippen molar-refractivity contribution in [3.63, 3.8) is 0 Å². The number of benzene rings is 1. The normalized spacial score (nSPS) is 21.3. The summed E-state index contributed by atoms with van der Waals surface area (Å²) in [7, 11) is 0. The van der Waals surface area contributed by atoms with Gasteiger partial charge in [0.15, 0.2) is 5.82 Å². The Hall–Kier alpha value is -2.87. The number of aliphatic hydroxyl groups is 1. The van der Waals surface area contributed by atoms with Crippen molar-refractivity contribution in [1.29, 1.82) is 0 Å². The SMILES string of the molecule is Cl.N[C@@H]1CC[C@H](c2nc(-c3ccccn3)nn2-c2cccc3cccnc23)C[C@H]1O. The van der Waals surface area contributed by atoms with Crippen LogP contribution in [0.4, 0.5) is 0 Å². The molecule has 154 valence electrons. The lowest BCUT2D eigenvalue weighted by Gasteiger charge is -2.30. The first-order valence-corrected chi connectivity index (χ1v) is 9.87. The lowest BCUT2D eigenvalue weighted by Crippen LogP contribution is -2.40. The molecule has 5 rings (SSSR count). The summed E-state index contributed by atoms with van der Waals surface area (Å²) in [4.78, 5) is 13.8. The minimum atomic E-state index is -0.539. The van der Waals surface area contributed by atoms with Crippen LogP contribution in [0.25, 0.3) is 28.1 Å². The summed E-state index contributed by atoms with van der Waals surface area (Å²) in [6.07, 6.45) is 5.16. The van der Waals surface area contributed by atoms with Gasteiger partial charge < -0.3 is 10.8 Å². The van der Waals surface area contributed by atoms with Crippen molar-refractivity contribution in [2.45, 2.75) is 37.3 Å². The highest BCUT2D eigenvalue weighted by atomic mass is 35.5. The quantitative estimate of drug-likeness (QED) is 0.525. The molecule has 3 N–H and O–H groups in total. The maximum atomic E-state index is 10.4. The molecule has 1 aliphatic rings. The average molecular weight is 423 g/mol. The molecule has 0 aliphatic heterocycles. The second kappa shape index (κ2) is 8.47. The number of hydrogen-bond donors (Lipinski definition) is 2. The molecule has 1 aromatic carbocycles. The largest absolute Gasteiger partial charge is 0.391 e. The van der Waals surface area contributed by atoms with E-state index in [-0.39, 0.29) is 24.4 Å². The monoisotopic (exact) mass is 422 g/mol. The van der Waals surface area contributed by atoms with E-state index in [0.29, 0.717) is 17.9 Å². The predicted molar refractivity (Wildman–Crippen MR) is 118 cm³/mol. The van der Waals surface area contributed by atoms with Crippen LogP contribution in [-0.2, 0) is 0 Å². The van der Waals surface area contributed by atoms with Crippen molar-refractivity contribution in [3.05, 3.63) is 66.7 Å². The number of hydrogen-bond acceptors (Lipinski definition) is 6. The molecule has 7 nitrogen and oxygen atoms in total. The minimum Gasteiger partial charge on any atom is -0.391 e. The fourth-order valence-corrected chi connectivity index (χ4v) is 4.03. The summed E-state index contributed by atoms with van der Waals surface area (Å²) < 4.78 is 1.87. The van der Waals surface area contributed by atoms with Crippen LogP contribution in [0.3, 0.4) is 0 Å². The maximum Gasteiger partial charge on any atom is 0.200 e. The van der Waals surface area contributed by atoms with Gasteiger partial charge in [-0.3, -0.25) is 9.97 Å². The fraction of sp³-hybridized carbons (Fsp3) is 0.273. The number of pyridine rings is 2. The molecular formula is C22H23ClN6O. The molecule has 0 unspecified atom stereocenters. The first-order valence-electron chi connectivity index (χ1n) is 9.87. The zero-order chi connectivity index (χ0) is 19.8. The molecule has 0 spiro atoms. The highest BCUT2D eigenvalue weighted by molar-refractivity contribution is 5.86. The first-order chi connectivity index (χ1) is 14.2. The van der Waals surface area contributed by atoms with E-state index in [2.05, 4.69) is 9.97 Å². The van der Waals surface area contributed by atoms with E-state index in [4.69, 9.17) is 15.8 Å². The van der Waals surface area contributed by atoms with Crippen LogP contribution in [0.15, 0.2) is 60.9 Å². The molecule has 1 saturated carbocycles. The second-order valence-electron chi connectivity index (χ2n) is 7.51. The zero-order valence-electron chi connectivity index (χ0n) is 16.3. The molecule has 3 aromatic heterocycles. The molecule has 0 radical (unpaired) electrons. The average Bonchev–Trinajstić information content (AvgIpc) is 3.21. The van der Waals surface area contributed by atoms with E-state index in [1.54, 1.807) is 12.4 Å². The van der Waals surface area contributed by atoms with Crippen molar-refractivity contribution >= 4 is 23.3 Å². The number of para-hydroxylation sites is 1. The van der Waals surface area contributed by atoms with E-state index in [1.807, 2.05) is 53.2 Å². The summed E-state index contributed by atoms with van der Waals surface area (Å²) >= 11 is 0. The highest BCUT2D eigenvalue weighted by Crippen LogP contribution is 2.34. The molecule has 3 heterocycles. The molecule has 1 fully saturated rings. The van der Waals surface area contributed by atoms with Gasteiger partial charge in [-0.25, -0.2) is 9.67 Å². The van der Waals surface area contributed by atoms with Crippen LogP contribution in [0.2, 0.25) is 0 Å². The van der Waals surface area contributed by atoms with Gasteiger partial charge in [-0.1, -0.05) is 24.3 Å². The summed E-state index contributed by atoms with van der Waals surface area (Å²) in [6.45, 7) is 0. The van der Waals surface area contributed by atoms with Crippen LogP contribution in [-0.4, -0.2) is 42.0 Å². The van der Waals surface area contributed by atoms with E-state index in [1.165, 1.54) is 0 Å².